The third kappa shape index (κ3) is 3.24. The molecule has 2 aromatic heterocycles. The van der Waals surface area contributed by atoms with E-state index < -0.39 is 0 Å². The van der Waals surface area contributed by atoms with Crippen molar-refractivity contribution in [3.05, 3.63) is 117 Å². The molecule has 0 bridgehead atoms. The van der Waals surface area contributed by atoms with Gasteiger partial charge in [-0.15, -0.1) is 0 Å². The molecular weight excluding hydrogens is 416 g/mol. The van der Waals surface area contributed by atoms with E-state index in [0.717, 1.165) is 27.9 Å². The van der Waals surface area contributed by atoms with E-state index in [4.69, 9.17) is 4.74 Å². The maximum absolute atomic E-state index is 13.0. The molecular formula is C27H18N2O2S. The van der Waals surface area contributed by atoms with E-state index in [9.17, 15) is 4.79 Å². The van der Waals surface area contributed by atoms with Crippen molar-refractivity contribution >= 4 is 44.2 Å². The average molecular weight is 435 g/mol. The van der Waals surface area contributed by atoms with Crippen LogP contribution in [0.4, 0.5) is 0 Å². The number of imidazole rings is 1. The SMILES string of the molecule is O=c1/c(=C/c2cccc(OCc3cccc4ccccc34)c2)sc2nc3ccccc3n12. The summed E-state index contributed by atoms with van der Waals surface area (Å²) in [5, 5.41) is 2.40. The number of hydrogen-bond donors (Lipinski definition) is 0. The molecule has 4 aromatic carbocycles. The number of para-hydroxylation sites is 2. The quantitative estimate of drug-likeness (QED) is 0.384. The monoisotopic (exact) mass is 434 g/mol. The summed E-state index contributed by atoms with van der Waals surface area (Å²) >= 11 is 1.40. The summed E-state index contributed by atoms with van der Waals surface area (Å²) < 4.78 is 8.44. The molecule has 0 radical (unpaired) electrons. The molecule has 0 aliphatic heterocycles. The normalized spacial score (nSPS) is 12.2. The van der Waals surface area contributed by atoms with Crippen molar-refractivity contribution in [2.45, 2.75) is 6.61 Å². The van der Waals surface area contributed by atoms with Crippen LogP contribution in [0.15, 0.2) is 95.8 Å². The smallest absolute Gasteiger partial charge is 0.274 e. The van der Waals surface area contributed by atoms with Gasteiger partial charge in [0.25, 0.3) is 5.56 Å². The summed E-state index contributed by atoms with van der Waals surface area (Å²) in [5.41, 5.74) is 3.71. The maximum Gasteiger partial charge on any atom is 0.274 e. The Hall–Kier alpha value is -3.96. The topological polar surface area (TPSA) is 43.6 Å². The van der Waals surface area contributed by atoms with Gasteiger partial charge in [0.1, 0.15) is 12.4 Å². The standard InChI is InChI=1S/C27H18N2O2S/c30-26-25(32-27-28-23-13-3-4-14-24(23)29(26)27)16-18-7-5-11-21(15-18)31-17-20-10-6-9-19-8-1-2-12-22(19)20/h1-16H,17H2/b25-16-. The second-order valence-corrected chi connectivity index (χ2v) is 8.64. The van der Waals surface area contributed by atoms with Crippen LogP contribution in [0.3, 0.4) is 0 Å². The molecule has 0 saturated carbocycles. The number of rotatable bonds is 4. The first-order valence-electron chi connectivity index (χ1n) is 10.4. The highest BCUT2D eigenvalue weighted by Gasteiger charge is 2.10. The van der Waals surface area contributed by atoms with Crippen LogP contribution in [0.2, 0.25) is 0 Å². The molecule has 0 aliphatic rings. The highest BCUT2D eigenvalue weighted by Crippen LogP contribution is 2.22. The van der Waals surface area contributed by atoms with Crippen molar-refractivity contribution in [1.82, 2.24) is 9.38 Å². The van der Waals surface area contributed by atoms with Gasteiger partial charge in [-0.2, -0.15) is 0 Å². The lowest BCUT2D eigenvalue weighted by Gasteiger charge is -2.09. The van der Waals surface area contributed by atoms with Crippen molar-refractivity contribution in [3.8, 4) is 5.75 Å². The number of aromatic nitrogens is 2. The second-order valence-electron chi connectivity index (χ2n) is 7.63. The number of nitrogens with zero attached hydrogens (tertiary/aromatic N) is 2. The highest BCUT2D eigenvalue weighted by molar-refractivity contribution is 7.15. The first-order valence-corrected chi connectivity index (χ1v) is 11.2. The summed E-state index contributed by atoms with van der Waals surface area (Å²) in [5.74, 6) is 0.769. The molecule has 4 nitrogen and oxygen atoms in total. The largest absolute Gasteiger partial charge is 0.489 e. The maximum atomic E-state index is 13.0. The van der Waals surface area contributed by atoms with Crippen LogP contribution in [0.25, 0.3) is 32.8 Å². The summed E-state index contributed by atoms with van der Waals surface area (Å²) in [4.78, 5) is 18.3. The third-order valence-corrected chi connectivity index (χ3v) is 6.54. The van der Waals surface area contributed by atoms with Crippen LogP contribution in [-0.2, 0) is 6.61 Å². The van der Waals surface area contributed by atoms with E-state index in [0.29, 0.717) is 16.1 Å². The van der Waals surface area contributed by atoms with Crippen LogP contribution in [0, 0.1) is 0 Å². The Morgan fingerprint density at radius 2 is 1.72 bits per heavy atom. The molecule has 5 heteroatoms. The lowest BCUT2D eigenvalue weighted by molar-refractivity contribution is 0.307. The molecule has 0 amide bonds. The predicted molar refractivity (Wildman–Crippen MR) is 130 cm³/mol. The van der Waals surface area contributed by atoms with Gasteiger partial charge in [-0.3, -0.25) is 4.79 Å². The molecule has 6 rings (SSSR count). The molecule has 0 saturated heterocycles. The lowest BCUT2D eigenvalue weighted by atomic mass is 10.1. The fraction of sp³-hybridized carbons (Fsp3) is 0.0370. The predicted octanol–water partition coefficient (Wildman–Crippen LogP) is 5.19. The Labute approximate surface area is 187 Å². The fourth-order valence-electron chi connectivity index (χ4n) is 4.04. The van der Waals surface area contributed by atoms with Gasteiger partial charge in [0.15, 0.2) is 4.96 Å². The Balaban J connectivity index is 1.32. The van der Waals surface area contributed by atoms with Gasteiger partial charge >= 0.3 is 0 Å². The van der Waals surface area contributed by atoms with Crippen LogP contribution in [-0.4, -0.2) is 9.38 Å². The number of thiazole rings is 1. The molecule has 0 fully saturated rings. The minimum Gasteiger partial charge on any atom is -0.489 e. The first kappa shape index (κ1) is 18.8. The zero-order chi connectivity index (χ0) is 21.5. The van der Waals surface area contributed by atoms with E-state index in [1.54, 1.807) is 4.40 Å². The number of ether oxygens (including phenoxy) is 1. The highest BCUT2D eigenvalue weighted by atomic mass is 32.1. The van der Waals surface area contributed by atoms with Gasteiger partial charge in [-0.1, -0.05) is 78.1 Å². The van der Waals surface area contributed by atoms with Crippen molar-refractivity contribution in [3.63, 3.8) is 0 Å². The summed E-state index contributed by atoms with van der Waals surface area (Å²) in [6.07, 6.45) is 1.90. The molecule has 2 heterocycles. The number of benzene rings is 4. The van der Waals surface area contributed by atoms with Gasteiger partial charge < -0.3 is 4.74 Å². The van der Waals surface area contributed by atoms with Crippen LogP contribution in [0.1, 0.15) is 11.1 Å². The molecule has 154 valence electrons. The van der Waals surface area contributed by atoms with Crippen LogP contribution in [0.5, 0.6) is 5.75 Å². The van der Waals surface area contributed by atoms with E-state index >= 15 is 0 Å². The first-order chi connectivity index (χ1) is 15.8. The van der Waals surface area contributed by atoms with Crippen molar-refractivity contribution in [1.29, 1.82) is 0 Å². The zero-order valence-corrected chi connectivity index (χ0v) is 17.9. The van der Waals surface area contributed by atoms with E-state index in [-0.39, 0.29) is 5.56 Å². The Morgan fingerprint density at radius 3 is 2.69 bits per heavy atom. The molecule has 0 atom stereocenters. The Kier molecular flexibility index (Phi) is 4.47. The molecule has 0 aliphatic carbocycles. The molecule has 32 heavy (non-hydrogen) atoms. The van der Waals surface area contributed by atoms with E-state index in [1.807, 2.05) is 66.7 Å². The molecule has 0 N–H and O–H groups in total. The minimum absolute atomic E-state index is 0.0409. The van der Waals surface area contributed by atoms with Gasteiger partial charge in [0.05, 0.1) is 15.6 Å². The number of fused-ring (bicyclic) bond motifs is 4. The third-order valence-electron chi connectivity index (χ3n) is 5.58. The Morgan fingerprint density at radius 1 is 0.906 bits per heavy atom. The van der Waals surface area contributed by atoms with Crippen molar-refractivity contribution in [2.24, 2.45) is 0 Å². The van der Waals surface area contributed by atoms with E-state index in [2.05, 4.69) is 35.3 Å². The van der Waals surface area contributed by atoms with Crippen LogP contribution >= 0.6 is 11.3 Å². The average Bonchev–Trinajstić information content (AvgIpc) is 3.34. The second kappa shape index (κ2) is 7.62. The summed E-state index contributed by atoms with van der Waals surface area (Å²) in [6, 6.07) is 30.1. The van der Waals surface area contributed by atoms with Gasteiger partial charge in [0, 0.05) is 0 Å². The van der Waals surface area contributed by atoms with Crippen molar-refractivity contribution in [2.75, 3.05) is 0 Å². The van der Waals surface area contributed by atoms with E-state index in [1.165, 1.54) is 22.1 Å². The van der Waals surface area contributed by atoms with Crippen LogP contribution < -0.4 is 14.8 Å². The molecule has 0 spiro atoms. The Bertz CT molecular complexity index is 1710. The zero-order valence-electron chi connectivity index (χ0n) is 17.1. The minimum atomic E-state index is -0.0409. The fourth-order valence-corrected chi connectivity index (χ4v) is 5.02. The molecule has 6 aromatic rings. The van der Waals surface area contributed by atoms with Gasteiger partial charge in [-0.05, 0) is 52.2 Å². The number of hydrogen-bond acceptors (Lipinski definition) is 4. The summed E-state index contributed by atoms with van der Waals surface area (Å²) in [7, 11) is 0. The molecule has 0 unspecified atom stereocenters. The summed E-state index contributed by atoms with van der Waals surface area (Å²) in [6.45, 7) is 0.483. The van der Waals surface area contributed by atoms with Crippen molar-refractivity contribution < 1.29 is 4.74 Å². The van der Waals surface area contributed by atoms with Gasteiger partial charge in [-0.25, -0.2) is 9.38 Å². The van der Waals surface area contributed by atoms with Gasteiger partial charge in [0.2, 0.25) is 0 Å². The lowest BCUT2D eigenvalue weighted by Crippen LogP contribution is -2.22.